The number of aryl methyl sites for hydroxylation is 2. The third kappa shape index (κ3) is 8.32. The molecule has 44 heavy (non-hydrogen) atoms. The van der Waals surface area contributed by atoms with E-state index in [1.807, 2.05) is 42.5 Å². The fraction of sp³-hybridized carbons (Fsp3) is 0.300. The fourth-order valence-corrected chi connectivity index (χ4v) is 5.04. The molecular formula is C30H28ClF3N4O6. The van der Waals surface area contributed by atoms with E-state index in [4.69, 9.17) is 21.1 Å². The van der Waals surface area contributed by atoms with Crippen LogP contribution in [0.15, 0.2) is 72.9 Å². The number of aliphatic hydroxyl groups excluding tert-OH is 1. The summed E-state index contributed by atoms with van der Waals surface area (Å²) in [6.07, 6.45) is -2.19. The van der Waals surface area contributed by atoms with E-state index in [2.05, 4.69) is 14.6 Å². The molecule has 0 fully saturated rings. The van der Waals surface area contributed by atoms with E-state index in [0.717, 1.165) is 36.2 Å². The maximum Gasteiger partial charge on any atom is 0.573 e. The minimum atomic E-state index is -4.75. The lowest BCUT2D eigenvalue weighted by Gasteiger charge is -2.32. The summed E-state index contributed by atoms with van der Waals surface area (Å²) in [4.78, 5) is 16.2. The molecule has 1 atom stereocenters. The zero-order valence-electron chi connectivity index (χ0n) is 23.2. The van der Waals surface area contributed by atoms with Crippen LogP contribution in [0.25, 0.3) is 0 Å². The molecule has 1 aliphatic heterocycles. The van der Waals surface area contributed by atoms with Crippen molar-refractivity contribution in [2.24, 2.45) is 0 Å². The second kappa shape index (κ2) is 13.4. The van der Waals surface area contributed by atoms with Gasteiger partial charge in [-0.2, -0.15) is 0 Å². The number of nitrogens with zero attached hydrogens (tertiary/aromatic N) is 4. The van der Waals surface area contributed by atoms with Crippen molar-refractivity contribution in [3.05, 3.63) is 99.5 Å². The highest BCUT2D eigenvalue weighted by Crippen LogP contribution is 2.33. The van der Waals surface area contributed by atoms with Gasteiger partial charge in [-0.1, -0.05) is 12.1 Å². The zero-order valence-corrected chi connectivity index (χ0v) is 24.0. The van der Waals surface area contributed by atoms with Crippen molar-refractivity contribution in [1.82, 2.24) is 9.55 Å². The summed E-state index contributed by atoms with van der Waals surface area (Å²) in [7, 11) is 0. The Labute approximate surface area is 255 Å². The average Bonchev–Trinajstić information content (AvgIpc) is 3.37. The van der Waals surface area contributed by atoms with Crippen LogP contribution in [0.2, 0.25) is 5.28 Å². The maximum atomic E-state index is 12.4. The van der Waals surface area contributed by atoms with Gasteiger partial charge in [0.25, 0.3) is 0 Å². The van der Waals surface area contributed by atoms with Crippen LogP contribution >= 0.6 is 11.6 Å². The molecule has 0 saturated heterocycles. The topological polar surface area (TPSA) is 112 Å². The van der Waals surface area contributed by atoms with Crippen molar-refractivity contribution >= 4 is 23.1 Å². The van der Waals surface area contributed by atoms with Crippen molar-refractivity contribution in [1.29, 1.82) is 0 Å². The van der Waals surface area contributed by atoms with Gasteiger partial charge in [0.15, 0.2) is 0 Å². The van der Waals surface area contributed by atoms with Crippen LogP contribution in [-0.4, -0.2) is 45.2 Å². The molecule has 1 unspecified atom stereocenters. The van der Waals surface area contributed by atoms with Gasteiger partial charge in [-0.25, -0.2) is 0 Å². The van der Waals surface area contributed by atoms with E-state index in [-0.39, 0.29) is 36.4 Å². The molecule has 3 aromatic carbocycles. The van der Waals surface area contributed by atoms with E-state index in [9.17, 15) is 28.4 Å². The van der Waals surface area contributed by atoms with Crippen molar-refractivity contribution in [3.8, 4) is 23.0 Å². The number of aliphatic hydroxyl groups is 1. The predicted octanol–water partition coefficient (Wildman–Crippen LogP) is 6.92. The first-order valence-corrected chi connectivity index (χ1v) is 14.1. The quantitative estimate of drug-likeness (QED) is 0.132. The summed E-state index contributed by atoms with van der Waals surface area (Å²) in [5.74, 6) is 0.913. The van der Waals surface area contributed by atoms with Crippen LogP contribution in [0.1, 0.15) is 24.0 Å². The summed E-state index contributed by atoms with van der Waals surface area (Å²) in [5.41, 5.74) is 3.30. The SMILES string of the molecule is O=[N+]([O-])c1cn(CCC(O)COc2ccc3c(c2)CCCN3Cc2ccc(Oc3ccc(OC(F)(F)F)cc3)cc2)c(Cl)n1. The molecule has 0 saturated carbocycles. The Morgan fingerprint density at radius 1 is 1.02 bits per heavy atom. The maximum absolute atomic E-state index is 12.4. The number of benzene rings is 3. The number of rotatable bonds is 12. The number of hydrogen-bond donors (Lipinski definition) is 1. The number of imidazole rings is 1. The first-order valence-electron chi connectivity index (χ1n) is 13.7. The molecule has 0 radical (unpaired) electrons. The summed E-state index contributed by atoms with van der Waals surface area (Å²) >= 11 is 5.93. The van der Waals surface area contributed by atoms with Crippen molar-refractivity contribution in [2.45, 2.75) is 44.8 Å². The standard InChI is InChI=1S/C30H28ClF3N4O6/c31-29-35-28(38(40)41)18-37(29)15-13-22(39)19-42-26-11-12-27-21(16-26)2-1-14-36(27)17-20-3-5-23(6-4-20)43-24-7-9-25(10-8-24)44-30(32,33)34/h3-12,16,18,22,39H,1-2,13-15,17,19H2. The summed E-state index contributed by atoms with van der Waals surface area (Å²) < 4.78 is 54.0. The van der Waals surface area contributed by atoms with E-state index in [0.29, 0.717) is 23.8 Å². The fourth-order valence-electron chi connectivity index (χ4n) is 4.82. The van der Waals surface area contributed by atoms with Crippen LogP contribution < -0.4 is 19.1 Å². The van der Waals surface area contributed by atoms with Crippen LogP contribution in [0, 0.1) is 10.1 Å². The van der Waals surface area contributed by atoms with E-state index in [1.54, 1.807) is 0 Å². The smallest absolute Gasteiger partial charge is 0.491 e. The predicted molar refractivity (Wildman–Crippen MR) is 155 cm³/mol. The minimum absolute atomic E-state index is 0.0135. The monoisotopic (exact) mass is 632 g/mol. The van der Waals surface area contributed by atoms with Gasteiger partial charge in [0.1, 0.15) is 35.8 Å². The highest BCUT2D eigenvalue weighted by molar-refractivity contribution is 6.28. The Kier molecular flexibility index (Phi) is 9.45. The highest BCUT2D eigenvalue weighted by atomic mass is 35.5. The molecule has 0 amide bonds. The largest absolute Gasteiger partial charge is 0.573 e. The van der Waals surface area contributed by atoms with Crippen LogP contribution in [0.4, 0.5) is 24.7 Å². The molecule has 1 aliphatic rings. The zero-order chi connectivity index (χ0) is 31.3. The highest BCUT2D eigenvalue weighted by Gasteiger charge is 2.31. The van der Waals surface area contributed by atoms with Gasteiger partial charge in [0.05, 0.1) is 6.10 Å². The number of halogens is 4. The van der Waals surface area contributed by atoms with Gasteiger partial charge >= 0.3 is 17.5 Å². The van der Waals surface area contributed by atoms with Gasteiger partial charge in [0, 0.05) is 25.3 Å². The number of ether oxygens (including phenoxy) is 3. The molecule has 2 heterocycles. The number of hydrogen-bond acceptors (Lipinski definition) is 8. The van der Waals surface area contributed by atoms with Crippen molar-refractivity contribution in [3.63, 3.8) is 0 Å². The second-order valence-corrected chi connectivity index (χ2v) is 10.5. The Hall–Kier alpha value is -4.49. The third-order valence-electron chi connectivity index (χ3n) is 6.90. The van der Waals surface area contributed by atoms with Crippen LogP contribution in [-0.2, 0) is 19.5 Å². The number of alkyl halides is 3. The number of fused-ring (bicyclic) bond motifs is 1. The van der Waals surface area contributed by atoms with Gasteiger partial charge < -0.3 is 34.3 Å². The molecule has 0 bridgehead atoms. The lowest BCUT2D eigenvalue weighted by Crippen LogP contribution is -2.28. The van der Waals surface area contributed by atoms with Crippen LogP contribution in [0.3, 0.4) is 0 Å². The molecule has 1 N–H and O–H groups in total. The van der Waals surface area contributed by atoms with E-state index < -0.39 is 17.4 Å². The van der Waals surface area contributed by atoms with Gasteiger partial charge in [-0.3, -0.25) is 4.57 Å². The molecule has 232 valence electrons. The molecule has 0 spiro atoms. The average molecular weight is 633 g/mol. The lowest BCUT2D eigenvalue weighted by atomic mass is 10.0. The Morgan fingerprint density at radius 2 is 1.68 bits per heavy atom. The molecule has 1 aromatic heterocycles. The first-order chi connectivity index (χ1) is 21.0. The Morgan fingerprint density at radius 3 is 2.34 bits per heavy atom. The van der Waals surface area contributed by atoms with Crippen molar-refractivity contribution < 1.29 is 37.4 Å². The van der Waals surface area contributed by atoms with E-state index >= 15 is 0 Å². The van der Waals surface area contributed by atoms with Crippen LogP contribution in [0.5, 0.6) is 23.0 Å². The van der Waals surface area contributed by atoms with Gasteiger partial charge in [-0.05, 0) is 106 Å². The normalized spacial score (nSPS) is 13.7. The number of anilines is 1. The van der Waals surface area contributed by atoms with Crippen molar-refractivity contribution in [2.75, 3.05) is 18.1 Å². The number of nitro groups is 1. The Balaban J connectivity index is 1.12. The van der Waals surface area contributed by atoms with Gasteiger partial charge in [0.2, 0.25) is 0 Å². The Bertz CT molecular complexity index is 1580. The first kappa shape index (κ1) is 31.0. The third-order valence-corrected chi connectivity index (χ3v) is 7.21. The molecule has 5 rings (SSSR count). The summed E-state index contributed by atoms with van der Waals surface area (Å²) in [6.45, 7) is 1.86. The molecule has 4 aromatic rings. The van der Waals surface area contributed by atoms with E-state index in [1.165, 1.54) is 35.0 Å². The minimum Gasteiger partial charge on any atom is -0.491 e. The lowest BCUT2D eigenvalue weighted by molar-refractivity contribution is -0.389. The number of aromatic nitrogens is 2. The molecule has 0 aliphatic carbocycles. The van der Waals surface area contributed by atoms with Gasteiger partial charge in [-0.15, -0.1) is 13.2 Å². The summed E-state index contributed by atoms with van der Waals surface area (Å²) in [5, 5.41) is 21.2. The summed E-state index contributed by atoms with van der Waals surface area (Å²) in [6, 6.07) is 18.6. The molecular weight excluding hydrogens is 605 g/mol. The molecule has 14 heteroatoms. The second-order valence-electron chi connectivity index (χ2n) is 10.2. The molecule has 10 nitrogen and oxygen atoms in total.